The van der Waals surface area contributed by atoms with Gasteiger partial charge in [-0.2, -0.15) is 0 Å². The summed E-state index contributed by atoms with van der Waals surface area (Å²) in [5.74, 6) is -1.90. The van der Waals surface area contributed by atoms with Crippen LogP contribution >= 0.6 is 0 Å². The van der Waals surface area contributed by atoms with Crippen LogP contribution < -0.4 is 5.32 Å². The van der Waals surface area contributed by atoms with Crippen LogP contribution in [0.5, 0.6) is 0 Å². The van der Waals surface area contributed by atoms with E-state index in [-0.39, 0.29) is 12.5 Å². The van der Waals surface area contributed by atoms with Crippen molar-refractivity contribution in [2.24, 2.45) is 17.8 Å². The number of esters is 1. The number of nitrogens with one attached hydrogen (secondary N) is 1. The Morgan fingerprint density at radius 2 is 1.58 bits per heavy atom. The summed E-state index contributed by atoms with van der Waals surface area (Å²) in [4.78, 5) is 34.3. The van der Waals surface area contributed by atoms with E-state index in [2.05, 4.69) is 19.2 Å². The summed E-state index contributed by atoms with van der Waals surface area (Å²) in [7, 11) is 0. The molecule has 0 aromatic rings. The van der Waals surface area contributed by atoms with Gasteiger partial charge in [-0.1, -0.05) is 40.5 Å². The Hall–Kier alpha value is -1.79. The summed E-state index contributed by atoms with van der Waals surface area (Å²) in [6.07, 6.45) is 1.51. The molecular weight excluding hydrogens is 314 g/mol. The third-order valence-electron chi connectivity index (χ3n) is 3.95. The van der Waals surface area contributed by atoms with Crippen molar-refractivity contribution in [2.75, 3.05) is 6.54 Å². The van der Waals surface area contributed by atoms with Gasteiger partial charge >= 0.3 is 18.0 Å². The molecule has 2 N–H and O–H groups in total. The van der Waals surface area contributed by atoms with Gasteiger partial charge in [-0.25, -0.2) is 4.79 Å². The number of hydrogen-bond donors (Lipinski definition) is 2. The molecular formula is C17H31NO6. The van der Waals surface area contributed by atoms with Crippen molar-refractivity contribution in [2.45, 2.75) is 66.6 Å². The first-order valence-electron chi connectivity index (χ1n) is 8.58. The van der Waals surface area contributed by atoms with Gasteiger partial charge < -0.3 is 19.9 Å². The molecule has 0 bridgehead atoms. The SMILES string of the molecule is CCC(CC)CC[C@@H](CNC(=O)O[C@@H](C)OC(=O)C(C)C)C(=O)O. The van der Waals surface area contributed by atoms with E-state index in [4.69, 9.17) is 9.47 Å². The molecule has 0 aromatic carbocycles. The molecule has 0 spiro atoms. The Labute approximate surface area is 144 Å². The first-order chi connectivity index (χ1) is 11.2. The number of carboxylic acids is 1. The van der Waals surface area contributed by atoms with Crippen molar-refractivity contribution < 1.29 is 29.0 Å². The molecule has 2 atom stereocenters. The van der Waals surface area contributed by atoms with Crippen LogP contribution in [0.3, 0.4) is 0 Å². The van der Waals surface area contributed by atoms with Gasteiger partial charge in [-0.05, 0) is 18.8 Å². The summed E-state index contributed by atoms with van der Waals surface area (Å²) in [6.45, 7) is 8.93. The van der Waals surface area contributed by atoms with Gasteiger partial charge in [0.05, 0.1) is 11.8 Å². The van der Waals surface area contributed by atoms with Crippen LogP contribution in [-0.2, 0) is 19.1 Å². The molecule has 0 aliphatic carbocycles. The predicted molar refractivity (Wildman–Crippen MR) is 89.3 cm³/mol. The summed E-state index contributed by atoms with van der Waals surface area (Å²) >= 11 is 0. The van der Waals surface area contributed by atoms with Crippen molar-refractivity contribution in [3.8, 4) is 0 Å². The van der Waals surface area contributed by atoms with Crippen molar-refractivity contribution in [3.05, 3.63) is 0 Å². The minimum absolute atomic E-state index is 0.0147. The number of rotatable bonds is 11. The van der Waals surface area contributed by atoms with Crippen molar-refractivity contribution in [3.63, 3.8) is 0 Å². The molecule has 0 unspecified atom stereocenters. The van der Waals surface area contributed by atoms with Gasteiger partial charge in [0.1, 0.15) is 0 Å². The maximum absolute atomic E-state index is 11.7. The number of carbonyl (C=O) groups is 3. The van der Waals surface area contributed by atoms with E-state index in [1.807, 2.05) is 0 Å². The number of aliphatic carboxylic acids is 1. The van der Waals surface area contributed by atoms with Gasteiger partial charge in [0.15, 0.2) is 0 Å². The van der Waals surface area contributed by atoms with Gasteiger partial charge in [0, 0.05) is 13.5 Å². The van der Waals surface area contributed by atoms with Crippen LogP contribution in [0.4, 0.5) is 4.79 Å². The van der Waals surface area contributed by atoms with E-state index in [9.17, 15) is 19.5 Å². The van der Waals surface area contributed by atoms with E-state index in [1.165, 1.54) is 6.92 Å². The first kappa shape index (κ1) is 22.2. The summed E-state index contributed by atoms with van der Waals surface area (Å²) in [6, 6.07) is 0. The second-order valence-electron chi connectivity index (χ2n) is 6.24. The lowest BCUT2D eigenvalue weighted by Crippen LogP contribution is -2.36. The molecule has 0 aliphatic heterocycles. The average molecular weight is 345 g/mol. The van der Waals surface area contributed by atoms with E-state index < -0.39 is 30.2 Å². The third-order valence-corrected chi connectivity index (χ3v) is 3.95. The predicted octanol–water partition coefficient (Wildman–Crippen LogP) is 3.18. The average Bonchev–Trinajstić information content (AvgIpc) is 2.50. The van der Waals surface area contributed by atoms with Crippen LogP contribution in [0.15, 0.2) is 0 Å². The molecule has 0 saturated heterocycles. The first-order valence-corrected chi connectivity index (χ1v) is 8.58. The Bertz CT molecular complexity index is 406. The summed E-state index contributed by atoms with van der Waals surface area (Å²) in [5.41, 5.74) is 0. The molecule has 0 radical (unpaired) electrons. The maximum Gasteiger partial charge on any atom is 0.410 e. The number of carboxylic acid groups (broad SMARTS) is 1. The second kappa shape index (κ2) is 11.7. The zero-order valence-corrected chi connectivity index (χ0v) is 15.3. The smallest absolute Gasteiger partial charge is 0.410 e. The highest BCUT2D eigenvalue weighted by atomic mass is 16.7. The highest BCUT2D eigenvalue weighted by molar-refractivity contribution is 5.73. The van der Waals surface area contributed by atoms with E-state index >= 15 is 0 Å². The van der Waals surface area contributed by atoms with Gasteiger partial charge in [0.2, 0.25) is 6.29 Å². The Kier molecular flexibility index (Phi) is 10.8. The monoisotopic (exact) mass is 345 g/mol. The lowest BCUT2D eigenvalue weighted by atomic mass is 9.92. The number of amides is 1. The topological polar surface area (TPSA) is 102 Å². The van der Waals surface area contributed by atoms with E-state index in [0.29, 0.717) is 12.3 Å². The van der Waals surface area contributed by atoms with Gasteiger partial charge in [-0.15, -0.1) is 0 Å². The maximum atomic E-state index is 11.7. The molecule has 0 aromatic heterocycles. The fourth-order valence-electron chi connectivity index (χ4n) is 2.17. The molecule has 0 rings (SSSR count). The number of alkyl carbamates (subject to hydrolysis) is 1. The van der Waals surface area contributed by atoms with Crippen LogP contribution in [0, 0.1) is 17.8 Å². The number of hydrogen-bond acceptors (Lipinski definition) is 5. The van der Waals surface area contributed by atoms with Crippen LogP contribution in [0.2, 0.25) is 0 Å². The highest BCUT2D eigenvalue weighted by Gasteiger charge is 2.21. The standard InChI is InChI=1S/C17H31NO6/c1-6-13(7-2)8-9-14(15(19)20)10-18-17(22)24-12(5)23-16(21)11(3)4/h11-14H,6-10H2,1-5H3,(H,18,22)(H,19,20)/t12-,14-/m0/s1. The Balaban J connectivity index is 4.27. The molecule has 0 fully saturated rings. The van der Waals surface area contributed by atoms with Crippen molar-refractivity contribution >= 4 is 18.0 Å². The molecule has 7 nitrogen and oxygen atoms in total. The van der Waals surface area contributed by atoms with Gasteiger partial charge in [0.25, 0.3) is 0 Å². The summed E-state index contributed by atoms with van der Waals surface area (Å²) < 4.78 is 9.79. The molecule has 0 heterocycles. The molecule has 1 amide bonds. The quantitative estimate of drug-likeness (QED) is 0.440. The minimum Gasteiger partial charge on any atom is -0.481 e. The Morgan fingerprint density at radius 1 is 1.00 bits per heavy atom. The number of ether oxygens (including phenoxy) is 2. The normalized spacial score (nSPS) is 13.5. The summed E-state index contributed by atoms with van der Waals surface area (Å²) in [5, 5.41) is 11.7. The largest absolute Gasteiger partial charge is 0.481 e. The Morgan fingerprint density at radius 3 is 2.04 bits per heavy atom. The van der Waals surface area contributed by atoms with Crippen LogP contribution in [0.1, 0.15) is 60.3 Å². The zero-order valence-electron chi connectivity index (χ0n) is 15.3. The molecule has 7 heteroatoms. The lowest BCUT2D eigenvalue weighted by molar-refractivity contribution is -0.168. The van der Waals surface area contributed by atoms with E-state index in [1.54, 1.807) is 13.8 Å². The molecule has 0 aliphatic rings. The third kappa shape index (κ3) is 9.37. The van der Waals surface area contributed by atoms with Crippen LogP contribution in [0.25, 0.3) is 0 Å². The fourth-order valence-corrected chi connectivity index (χ4v) is 2.17. The van der Waals surface area contributed by atoms with Crippen molar-refractivity contribution in [1.82, 2.24) is 5.32 Å². The second-order valence-corrected chi connectivity index (χ2v) is 6.24. The lowest BCUT2D eigenvalue weighted by Gasteiger charge is -2.18. The van der Waals surface area contributed by atoms with Gasteiger partial charge in [-0.3, -0.25) is 9.59 Å². The molecule has 0 saturated carbocycles. The molecule has 140 valence electrons. The molecule has 24 heavy (non-hydrogen) atoms. The minimum atomic E-state index is -1.02. The van der Waals surface area contributed by atoms with E-state index in [0.717, 1.165) is 19.3 Å². The van der Waals surface area contributed by atoms with Crippen molar-refractivity contribution in [1.29, 1.82) is 0 Å². The fraction of sp³-hybridized carbons (Fsp3) is 0.824. The number of carbonyl (C=O) groups excluding carboxylic acids is 2. The van der Waals surface area contributed by atoms with Crippen LogP contribution in [-0.4, -0.2) is 36.0 Å². The highest BCUT2D eigenvalue weighted by Crippen LogP contribution is 2.18. The zero-order chi connectivity index (χ0) is 18.7.